The van der Waals surface area contributed by atoms with Crippen molar-refractivity contribution in [2.24, 2.45) is 0 Å². The molecule has 11 heavy (non-hydrogen) atoms. The Bertz CT molecular complexity index is 251. The van der Waals surface area contributed by atoms with E-state index in [-0.39, 0.29) is 8.80 Å². The summed E-state index contributed by atoms with van der Waals surface area (Å²) in [5, 5.41) is 1.58. The third-order valence-corrected chi connectivity index (χ3v) is 3.55. The van der Waals surface area contributed by atoms with E-state index in [1.54, 1.807) is 5.19 Å². The summed E-state index contributed by atoms with van der Waals surface area (Å²) in [5.74, 6) is 0. The van der Waals surface area contributed by atoms with Gasteiger partial charge < -0.3 is 0 Å². The Morgan fingerprint density at radius 1 is 1.09 bits per heavy atom. The quantitative estimate of drug-likeness (QED) is 0.557. The van der Waals surface area contributed by atoms with Gasteiger partial charge in [-0.2, -0.15) is 0 Å². The maximum atomic E-state index is 2.34. The van der Waals surface area contributed by atoms with Crippen LogP contribution in [0.1, 0.15) is 11.1 Å². The van der Waals surface area contributed by atoms with Crippen LogP contribution in [0.4, 0.5) is 0 Å². The van der Waals surface area contributed by atoms with Crippen LogP contribution in [-0.4, -0.2) is 8.80 Å². The van der Waals surface area contributed by atoms with Gasteiger partial charge in [-0.25, -0.2) is 0 Å². The Hall–Kier alpha value is -0.563. The number of rotatable bonds is 1. The van der Waals surface area contributed by atoms with Gasteiger partial charge in [-0.1, -0.05) is 47.6 Å². The molecule has 0 heterocycles. The second kappa shape index (κ2) is 3.22. The summed E-state index contributed by atoms with van der Waals surface area (Å²) >= 11 is 0. The van der Waals surface area contributed by atoms with Gasteiger partial charge in [0.05, 0.1) is 8.80 Å². The molecule has 0 N–H and O–H groups in total. The van der Waals surface area contributed by atoms with Crippen molar-refractivity contribution < 1.29 is 0 Å². The fourth-order valence-corrected chi connectivity index (χ4v) is 2.66. The molecule has 0 unspecified atom stereocenters. The summed E-state index contributed by atoms with van der Waals surface area (Å²) in [7, 11) is -0.264. The Kier molecular flexibility index (Phi) is 2.50. The van der Waals surface area contributed by atoms with Gasteiger partial charge in [0, 0.05) is 0 Å². The molecule has 1 rings (SSSR count). The Balaban J connectivity index is 3.13. The van der Waals surface area contributed by atoms with Crippen molar-refractivity contribution in [2.75, 3.05) is 0 Å². The highest BCUT2D eigenvalue weighted by molar-refractivity contribution is 6.71. The zero-order valence-corrected chi connectivity index (χ0v) is 8.73. The zero-order chi connectivity index (χ0) is 8.43. The fraction of sp³-hybridized carbons (Fsp3) is 0.400. The average Bonchev–Trinajstić information content (AvgIpc) is 1.94. The Morgan fingerprint density at radius 2 is 1.73 bits per heavy atom. The number of benzene rings is 1. The van der Waals surface area contributed by atoms with E-state index in [0.29, 0.717) is 0 Å². The molecule has 59 valence electrons. The van der Waals surface area contributed by atoms with E-state index in [4.69, 9.17) is 0 Å². The fourth-order valence-electron chi connectivity index (χ4n) is 1.27. The Labute approximate surface area is 70.9 Å². The lowest BCUT2D eigenvalue weighted by molar-refractivity contribution is 1.42. The molecule has 0 amide bonds. The first-order chi connectivity index (χ1) is 5.11. The topological polar surface area (TPSA) is 0 Å². The summed E-state index contributed by atoms with van der Waals surface area (Å²) in [6.07, 6.45) is 0. The standard InChI is InChI=1S/C10H15Si/c1-8-5-6-9(2)10(7-8)11(3)4/h5-7H,1-4H3. The van der Waals surface area contributed by atoms with Crippen molar-refractivity contribution in [1.82, 2.24) is 0 Å². The van der Waals surface area contributed by atoms with Gasteiger partial charge in [-0.15, -0.1) is 0 Å². The van der Waals surface area contributed by atoms with E-state index >= 15 is 0 Å². The largest absolute Gasteiger partial charge is 0.0795 e. The van der Waals surface area contributed by atoms with Gasteiger partial charge in [0.15, 0.2) is 0 Å². The third-order valence-electron chi connectivity index (χ3n) is 1.93. The second-order valence-electron chi connectivity index (χ2n) is 3.32. The SMILES string of the molecule is Cc1ccc(C)c([Si](C)C)c1. The zero-order valence-electron chi connectivity index (χ0n) is 7.73. The van der Waals surface area contributed by atoms with Gasteiger partial charge >= 0.3 is 0 Å². The lowest BCUT2D eigenvalue weighted by Crippen LogP contribution is -2.25. The van der Waals surface area contributed by atoms with Crippen LogP contribution < -0.4 is 5.19 Å². The van der Waals surface area contributed by atoms with Gasteiger partial charge in [-0.05, 0) is 13.8 Å². The van der Waals surface area contributed by atoms with Crippen molar-refractivity contribution >= 4 is 14.0 Å². The molecule has 0 saturated carbocycles. The minimum Gasteiger partial charge on any atom is -0.0671 e. The van der Waals surface area contributed by atoms with Gasteiger partial charge in [0.25, 0.3) is 0 Å². The summed E-state index contributed by atoms with van der Waals surface area (Å²) in [5.41, 5.74) is 2.84. The predicted molar refractivity (Wildman–Crippen MR) is 53.0 cm³/mol. The maximum Gasteiger partial charge on any atom is 0.0795 e. The van der Waals surface area contributed by atoms with E-state index in [9.17, 15) is 0 Å². The molecule has 0 fully saturated rings. The van der Waals surface area contributed by atoms with Crippen molar-refractivity contribution in [2.45, 2.75) is 26.9 Å². The molecular formula is C10H15Si. The molecule has 0 aliphatic heterocycles. The molecule has 0 bridgehead atoms. The molecule has 0 aromatic heterocycles. The summed E-state index contributed by atoms with van der Waals surface area (Å²) in [6.45, 7) is 9.04. The van der Waals surface area contributed by atoms with Crippen molar-refractivity contribution in [1.29, 1.82) is 0 Å². The van der Waals surface area contributed by atoms with Crippen LogP contribution in [0.2, 0.25) is 13.1 Å². The lowest BCUT2D eigenvalue weighted by atomic mass is 10.2. The lowest BCUT2D eigenvalue weighted by Gasteiger charge is -2.08. The van der Waals surface area contributed by atoms with E-state index in [2.05, 4.69) is 45.1 Å². The molecule has 1 aromatic carbocycles. The molecule has 1 radical (unpaired) electrons. The first-order valence-corrected chi connectivity index (χ1v) is 6.49. The summed E-state index contributed by atoms with van der Waals surface area (Å²) in [6, 6.07) is 6.73. The first-order valence-electron chi connectivity index (χ1n) is 3.99. The smallest absolute Gasteiger partial charge is 0.0671 e. The minimum atomic E-state index is -0.264. The average molecular weight is 163 g/mol. The van der Waals surface area contributed by atoms with Crippen LogP contribution >= 0.6 is 0 Å². The van der Waals surface area contributed by atoms with Crippen LogP contribution in [0.5, 0.6) is 0 Å². The van der Waals surface area contributed by atoms with Crippen LogP contribution in [0.25, 0.3) is 0 Å². The van der Waals surface area contributed by atoms with Crippen molar-refractivity contribution in [3.63, 3.8) is 0 Å². The summed E-state index contributed by atoms with van der Waals surface area (Å²) in [4.78, 5) is 0. The van der Waals surface area contributed by atoms with Crippen molar-refractivity contribution in [3.05, 3.63) is 29.3 Å². The van der Waals surface area contributed by atoms with Crippen LogP contribution in [-0.2, 0) is 0 Å². The van der Waals surface area contributed by atoms with Crippen molar-refractivity contribution in [3.8, 4) is 0 Å². The van der Waals surface area contributed by atoms with E-state index in [1.165, 1.54) is 11.1 Å². The number of hydrogen-bond acceptors (Lipinski definition) is 0. The molecule has 0 nitrogen and oxygen atoms in total. The molecule has 1 heteroatoms. The van der Waals surface area contributed by atoms with Gasteiger partial charge in [-0.3, -0.25) is 0 Å². The third kappa shape index (κ3) is 1.93. The highest BCUT2D eigenvalue weighted by Gasteiger charge is 2.03. The maximum absolute atomic E-state index is 2.34. The van der Waals surface area contributed by atoms with Crippen LogP contribution in [0, 0.1) is 13.8 Å². The summed E-state index contributed by atoms with van der Waals surface area (Å²) < 4.78 is 0. The molecule has 0 saturated heterocycles. The highest BCUT2D eigenvalue weighted by atomic mass is 28.3. The minimum absolute atomic E-state index is 0.264. The normalized spacial score (nSPS) is 10.6. The molecule has 0 spiro atoms. The molecule has 0 aliphatic rings. The molecular weight excluding hydrogens is 148 g/mol. The monoisotopic (exact) mass is 163 g/mol. The van der Waals surface area contributed by atoms with E-state index in [1.807, 2.05) is 0 Å². The van der Waals surface area contributed by atoms with E-state index in [0.717, 1.165) is 0 Å². The second-order valence-corrected chi connectivity index (χ2v) is 5.86. The molecule has 0 aliphatic carbocycles. The van der Waals surface area contributed by atoms with Gasteiger partial charge in [0.1, 0.15) is 0 Å². The molecule has 1 aromatic rings. The Morgan fingerprint density at radius 3 is 2.18 bits per heavy atom. The van der Waals surface area contributed by atoms with Crippen LogP contribution in [0.15, 0.2) is 18.2 Å². The molecule has 0 atom stereocenters. The predicted octanol–water partition coefficient (Wildman–Crippen LogP) is 2.26. The van der Waals surface area contributed by atoms with Crippen LogP contribution in [0.3, 0.4) is 0 Å². The first kappa shape index (κ1) is 8.53. The number of aryl methyl sites for hydroxylation is 2. The number of hydrogen-bond donors (Lipinski definition) is 0. The van der Waals surface area contributed by atoms with E-state index < -0.39 is 0 Å². The van der Waals surface area contributed by atoms with Gasteiger partial charge in [0.2, 0.25) is 0 Å². The highest BCUT2D eigenvalue weighted by Crippen LogP contribution is 2.00.